The SMILES string of the molecule is [2H]C([2H])([2H])C(CC(=Nc1c(C(C)C)cccc1C(C)C)C([2H])([2H])[2H])=Nc1c(C(C)C)cccc1C(C)C. The molecular weight excluding hydrogens is 376 g/mol. The molecule has 2 aromatic carbocycles. The third-order valence-electron chi connectivity index (χ3n) is 5.51. The molecule has 0 bridgehead atoms. The van der Waals surface area contributed by atoms with E-state index in [1.54, 1.807) is 0 Å². The number of benzene rings is 2. The van der Waals surface area contributed by atoms with E-state index in [2.05, 4.69) is 0 Å². The van der Waals surface area contributed by atoms with Crippen molar-refractivity contribution >= 4 is 22.8 Å². The summed E-state index contributed by atoms with van der Waals surface area (Å²) in [5.74, 6) is 0.491. The average Bonchev–Trinajstić information content (AvgIpc) is 2.75. The lowest BCUT2D eigenvalue weighted by molar-refractivity contribution is 0.834. The summed E-state index contributed by atoms with van der Waals surface area (Å²) in [6, 6.07) is 11.8. The van der Waals surface area contributed by atoms with Gasteiger partial charge in [-0.1, -0.05) is 91.8 Å². The molecule has 0 aromatic heterocycles. The molecule has 0 aliphatic heterocycles. The highest BCUT2D eigenvalue weighted by Gasteiger charge is 2.15. The molecule has 0 amide bonds. The first-order valence-corrected chi connectivity index (χ1v) is 11.4. The van der Waals surface area contributed by atoms with Crippen LogP contribution in [0.25, 0.3) is 0 Å². The molecule has 2 heteroatoms. The number of hydrogen-bond donors (Lipinski definition) is 0. The fraction of sp³-hybridized carbons (Fsp3) is 0.517. The van der Waals surface area contributed by atoms with E-state index >= 15 is 0 Å². The Morgan fingerprint density at radius 2 is 0.903 bits per heavy atom. The maximum atomic E-state index is 8.26. The standard InChI is InChI=1S/C29H42N2/c1-18(2)24-13-11-14-25(19(3)4)28(24)30-22(9)17-23(10)31-29-26(20(5)6)15-12-16-27(29)21(7)8/h11-16,18-21H,17H2,1-10H3/i9D3,10D3. The molecule has 0 unspecified atom stereocenters. The molecule has 31 heavy (non-hydrogen) atoms. The van der Waals surface area contributed by atoms with Gasteiger partial charge in [-0.25, -0.2) is 0 Å². The molecule has 2 aromatic rings. The molecule has 2 nitrogen and oxygen atoms in total. The Bertz CT molecular complexity index is 994. The molecule has 0 heterocycles. The van der Waals surface area contributed by atoms with Crippen molar-refractivity contribution in [2.45, 2.75) is 99.2 Å². The zero-order valence-electron chi connectivity index (χ0n) is 26.4. The van der Waals surface area contributed by atoms with Crippen molar-refractivity contribution in [3.8, 4) is 0 Å². The second kappa shape index (κ2) is 10.9. The summed E-state index contributed by atoms with van der Waals surface area (Å²) in [5.41, 5.74) is 4.67. The van der Waals surface area contributed by atoms with E-state index < -0.39 is 13.7 Å². The van der Waals surface area contributed by atoms with Crippen LogP contribution in [0.2, 0.25) is 0 Å². The van der Waals surface area contributed by atoms with Gasteiger partial charge in [0.2, 0.25) is 0 Å². The minimum atomic E-state index is -2.58. The van der Waals surface area contributed by atoms with E-state index in [1.165, 1.54) is 0 Å². The molecule has 0 spiro atoms. The highest BCUT2D eigenvalue weighted by Crippen LogP contribution is 2.36. The van der Waals surface area contributed by atoms with Crippen LogP contribution in [0, 0.1) is 0 Å². The summed E-state index contributed by atoms with van der Waals surface area (Å²) in [6.07, 6.45) is -0.360. The van der Waals surface area contributed by atoms with Gasteiger partial charge in [-0.2, -0.15) is 0 Å². The van der Waals surface area contributed by atoms with E-state index in [9.17, 15) is 0 Å². The number of nitrogens with zero attached hydrogens (tertiary/aromatic N) is 2. The molecule has 0 radical (unpaired) electrons. The highest BCUT2D eigenvalue weighted by atomic mass is 14.8. The molecule has 0 atom stereocenters. The predicted molar refractivity (Wildman–Crippen MR) is 139 cm³/mol. The van der Waals surface area contributed by atoms with Crippen LogP contribution in [0.4, 0.5) is 11.4 Å². The van der Waals surface area contributed by atoms with Crippen molar-refractivity contribution in [1.29, 1.82) is 0 Å². The Hall–Kier alpha value is -2.22. The van der Waals surface area contributed by atoms with E-state index in [0.29, 0.717) is 11.4 Å². The predicted octanol–water partition coefficient (Wildman–Crippen LogP) is 9.46. The van der Waals surface area contributed by atoms with Crippen molar-refractivity contribution in [2.24, 2.45) is 9.98 Å². The Labute approximate surface area is 199 Å². The van der Waals surface area contributed by atoms with Gasteiger partial charge in [0.05, 0.1) is 11.4 Å². The number of aliphatic imine (C=N–C) groups is 2. The maximum absolute atomic E-state index is 8.26. The zero-order valence-corrected chi connectivity index (χ0v) is 20.4. The minimum absolute atomic E-state index is 0.123. The first-order chi connectivity index (χ1) is 16.9. The molecule has 168 valence electrons. The fourth-order valence-corrected chi connectivity index (χ4v) is 3.79. The van der Waals surface area contributed by atoms with E-state index in [1.807, 2.05) is 91.8 Å². The van der Waals surface area contributed by atoms with Crippen LogP contribution >= 0.6 is 0 Å². The summed E-state index contributed by atoms with van der Waals surface area (Å²) >= 11 is 0. The Kier molecular flexibility index (Phi) is 6.09. The second-order valence-corrected chi connectivity index (χ2v) is 9.48. The average molecular weight is 425 g/mol. The number of para-hydroxylation sites is 2. The smallest absolute Gasteiger partial charge is 0.0698 e. The topological polar surface area (TPSA) is 24.7 Å². The monoisotopic (exact) mass is 424 g/mol. The largest absolute Gasteiger partial charge is 0.257 e. The van der Waals surface area contributed by atoms with Crippen LogP contribution in [0.15, 0.2) is 46.4 Å². The van der Waals surface area contributed by atoms with Crippen LogP contribution in [0.5, 0.6) is 0 Å². The van der Waals surface area contributed by atoms with Gasteiger partial charge < -0.3 is 0 Å². The third-order valence-corrected chi connectivity index (χ3v) is 5.51. The van der Waals surface area contributed by atoms with Crippen molar-refractivity contribution < 1.29 is 8.22 Å². The lowest BCUT2D eigenvalue weighted by Crippen LogP contribution is -2.04. The Balaban J connectivity index is 2.84. The van der Waals surface area contributed by atoms with Crippen molar-refractivity contribution in [1.82, 2.24) is 0 Å². The lowest BCUT2D eigenvalue weighted by Gasteiger charge is -2.18. The summed E-state index contributed by atoms with van der Waals surface area (Å²) in [7, 11) is 0. The third kappa shape index (κ3) is 6.38. The molecule has 0 aliphatic carbocycles. The van der Waals surface area contributed by atoms with Gasteiger partial charge in [-0.05, 0) is 59.6 Å². The first kappa shape index (κ1) is 17.3. The van der Waals surface area contributed by atoms with Gasteiger partial charge in [0.15, 0.2) is 0 Å². The van der Waals surface area contributed by atoms with Crippen LogP contribution in [0.1, 0.15) is 130 Å². The molecule has 0 fully saturated rings. The van der Waals surface area contributed by atoms with Crippen LogP contribution < -0.4 is 0 Å². The fourth-order valence-electron chi connectivity index (χ4n) is 3.79. The number of rotatable bonds is 8. The maximum Gasteiger partial charge on any atom is 0.0698 e. The summed E-state index contributed by atoms with van der Waals surface area (Å²) in [5, 5.41) is 0. The van der Waals surface area contributed by atoms with Crippen molar-refractivity contribution in [2.75, 3.05) is 0 Å². The van der Waals surface area contributed by atoms with E-state index in [-0.39, 0.29) is 41.5 Å². The van der Waals surface area contributed by atoms with Gasteiger partial charge in [-0.3, -0.25) is 9.98 Å². The lowest BCUT2D eigenvalue weighted by atomic mass is 9.92. The van der Waals surface area contributed by atoms with Crippen LogP contribution in [0.3, 0.4) is 0 Å². The Morgan fingerprint density at radius 1 is 0.613 bits per heavy atom. The summed E-state index contributed by atoms with van der Waals surface area (Å²) < 4.78 is 49.5. The van der Waals surface area contributed by atoms with Gasteiger partial charge in [0.25, 0.3) is 0 Å². The second-order valence-electron chi connectivity index (χ2n) is 9.48. The summed E-state index contributed by atoms with van der Waals surface area (Å²) in [4.78, 5) is 9.41. The van der Waals surface area contributed by atoms with E-state index in [4.69, 9.17) is 18.2 Å². The molecule has 2 rings (SSSR count). The van der Waals surface area contributed by atoms with Crippen LogP contribution in [-0.2, 0) is 0 Å². The van der Waals surface area contributed by atoms with Crippen molar-refractivity contribution in [3.63, 3.8) is 0 Å². The van der Waals surface area contributed by atoms with Gasteiger partial charge in [-0.15, -0.1) is 0 Å². The summed E-state index contributed by atoms with van der Waals surface area (Å²) in [6.45, 7) is 11.2. The minimum Gasteiger partial charge on any atom is -0.257 e. The Morgan fingerprint density at radius 3 is 1.13 bits per heavy atom. The number of hydrogen-bond acceptors (Lipinski definition) is 2. The van der Waals surface area contributed by atoms with Gasteiger partial charge in [0.1, 0.15) is 0 Å². The van der Waals surface area contributed by atoms with E-state index in [0.717, 1.165) is 22.3 Å². The molecule has 0 saturated carbocycles. The van der Waals surface area contributed by atoms with Gasteiger partial charge in [0, 0.05) is 26.1 Å². The quantitative estimate of drug-likeness (QED) is 0.377. The molecule has 0 aliphatic rings. The highest BCUT2D eigenvalue weighted by molar-refractivity contribution is 6.04. The molecule has 0 saturated heterocycles. The molecule has 0 N–H and O–H groups in total. The van der Waals surface area contributed by atoms with Gasteiger partial charge >= 0.3 is 0 Å². The molecular formula is C29H42N2. The van der Waals surface area contributed by atoms with Crippen molar-refractivity contribution in [3.05, 3.63) is 58.7 Å². The zero-order chi connectivity index (χ0) is 28.3. The van der Waals surface area contributed by atoms with Crippen LogP contribution in [-0.4, -0.2) is 11.4 Å². The normalized spacial score (nSPS) is 16.9. The first-order valence-electron chi connectivity index (χ1n) is 14.4.